The first-order chi connectivity index (χ1) is 27.6. The molecule has 0 aromatic heterocycles. The van der Waals surface area contributed by atoms with Gasteiger partial charge in [-0.2, -0.15) is 0 Å². The highest BCUT2D eigenvalue weighted by molar-refractivity contribution is 5.70. The number of hydrogen-bond donors (Lipinski definition) is 0. The number of rotatable bonds is 43. The smallest absolute Gasteiger partial charge is 0.306 e. The summed E-state index contributed by atoms with van der Waals surface area (Å²) in [6.45, 7) is 7.67. The normalized spacial score (nSPS) is 12.7. The van der Waals surface area contributed by atoms with Crippen LogP contribution in [0.25, 0.3) is 0 Å². The van der Waals surface area contributed by atoms with Gasteiger partial charge in [-0.25, -0.2) is 0 Å². The Morgan fingerprint density at radius 3 is 1.32 bits per heavy atom. The van der Waals surface area contributed by atoms with Crippen LogP contribution in [0.5, 0.6) is 0 Å². The number of hydrogen-bond acceptors (Lipinski definition) is 5. The van der Waals surface area contributed by atoms with Crippen LogP contribution in [-0.2, 0) is 23.8 Å². The van der Waals surface area contributed by atoms with Crippen molar-refractivity contribution in [3.8, 4) is 0 Å². The molecule has 0 aliphatic heterocycles. The second-order valence-corrected chi connectivity index (χ2v) is 15.6. The highest BCUT2D eigenvalue weighted by Gasteiger charge is 2.17. The molecule has 5 nitrogen and oxygen atoms in total. The summed E-state index contributed by atoms with van der Waals surface area (Å²) < 4.78 is 17.3. The van der Waals surface area contributed by atoms with Gasteiger partial charge in [-0.1, -0.05) is 178 Å². The summed E-state index contributed by atoms with van der Waals surface area (Å²) in [6.07, 6.45) is 57.8. The molecule has 0 heterocycles. The number of allylic oxidation sites excluding steroid dienone is 10. The molecule has 0 aliphatic rings. The van der Waals surface area contributed by atoms with E-state index < -0.39 is 6.10 Å². The Hall–Kier alpha value is -2.40. The molecule has 0 aromatic rings. The fourth-order valence-electron chi connectivity index (χ4n) is 6.38. The van der Waals surface area contributed by atoms with Crippen molar-refractivity contribution in [1.29, 1.82) is 0 Å². The molecule has 0 spiro atoms. The maximum absolute atomic E-state index is 12.7. The summed E-state index contributed by atoms with van der Waals surface area (Å²) >= 11 is 0. The molecule has 0 saturated carbocycles. The SMILES string of the molecule is CCC/C=C\C/C=C\CCCCCCCC(=O)OC(COCCCCCCCC/C=C\CCCC)COC(=O)CCCCCCC/C=C\C/C=C\CCCCC. The van der Waals surface area contributed by atoms with Gasteiger partial charge in [0.15, 0.2) is 6.10 Å². The number of carbonyl (C=O) groups is 2. The third-order valence-electron chi connectivity index (χ3n) is 9.98. The molecule has 0 aromatic carbocycles. The molecule has 324 valence electrons. The molecule has 0 radical (unpaired) electrons. The minimum Gasteiger partial charge on any atom is -0.462 e. The molecular formula is C51H90O5. The third-order valence-corrected chi connectivity index (χ3v) is 9.98. The van der Waals surface area contributed by atoms with E-state index in [2.05, 4.69) is 81.5 Å². The van der Waals surface area contributed by atoms with Crippen LogP contribution >= 0.6 is 0 Å². The van der Waals surface area contributed by atoms with Crippen LogP contribution in [0.2, 0.25) is 0 Å². The predicted molar refractivity (Wildman–Crippen MR) is 242 cm³/mol. The Morgan fingerprint density at radius 2 is 0.804 bits per heavy atom. The van der Waals surface area contributed by atoms with Crippen LogP contribution in [0.3, 0.4) is 0 Å². The van der Waals surface area contributed by atoms with E-state index in [9.17, 15) is 9.59 Å². The van der Waals surface area contributed by atoms with Crippen molar-refractivity contribution in [1.82, 2.24) is 0 Å². The standard InChI is InChI=1S/C51H90O5/c1-4-7-10-13-16-19-22-25-26-28-29-32-35-38-41-44-50(52)55-48-49(47-54-46-43-40-37-34-31-24-21-18-15-12-9-6-3)56-51(53)45-42-39-36-33-30-27-23-20-17-14-11-8-5-2/h11,14-16,18-20,23,25-26,49H,4-10,12-13,17,21-22,24,27-48H2,1-3H3/b14-11-,18-15-,19-16-,23-20-,26-25-. The average Bonchev–Trinajstić information content (AvgIpc) is 3.20. The van der Waals surface area contributed by atoms with Crippen LogP contribution in [0.15, 0.2) is 60.8 Å². The van der Waals surface area contributed by atoms with Gasteiger partial charge >= 0.3 is 11.9 Å². The minimum atomic E-state index is -0.551. The Balaban J connectivity index is 4.31. The number of carbonyl (C=O) groups excluding carboxylic acids is 2. The van der Waals surface area contributed by atoms with Crippen molar-refractivity contribution >= 4 is 11.9 Å². The van der Waals surface area contributed by atoms with Crippen molar-refractivity contribution in [3.63, 3.8) is 0 Å². The summed E-state index contributed by atoms with van der Waals surface area (Å²) in [6, 6.07) is 0. The van der Waals surface area contributed by atoms with Crippen LogP contribution in [0.1, 0.15) is 226 Å². The lowest BCUT2D eigenvalue weighted by molar-refractivity contribution is -0.163. The summed E-state index contributed by atoms with van der Waals surface area (Å²) in [5.74, 6) is -0.432. The Bertz CT molecular complexity index is 977. The maximum atomic E-state index is 12.7. The summed E-state index contributed by atoms with van der Waals surface area (Å²) in [5.41, 5.74) is 0. The highest BCUT2D eigenvalue weighted by Crippen LogP contribution is 2.13. The van der Waals surface area contributed by atoms with Crippen molar-refractivity contribution in [2.24, 2.45) is 0 Å². The molecule has 1 unspecified atom stereocenters. The molecule has 0 bridgehead atoms. The van der Waals surface area contributed by atoms with Gasteiger partial charge in [-0.05, 0) is 96.3 Å². The van der Waals surface area contributed by atoms with Gasteiger partial charge in [0.05, 0.1) is 6.61 Å². The van der Waals surface area contributed by atoms with E-state index in [0.717, 1.165) is 77.0 Å². The zero-order valence-corrected chi connectivity index (χ0v) is 37.1. The molecule has 0 N–H and O–H groups in total. The first kappa shape index (κ1) is 53.6. The average molecular weight is 783 g/mol. The van der Waals surface area contributed by atoms with E-state index in [1.54, 1.807) is 0 Å². The lowest BCUT2D eigenvalue weighted by Crippen LogP contribution is -2.30. The maximum Gasteiger partial charge on any atom is 0.306 e. The largest absolute Gasteiger partial charge is 0.462 e. The van der Waals surface area contributed by atoms with Gasteiger partial charge in [0.2, 0.25) is 0 Å². The topological polar surface area (TPSA) is 61.8 Å². The van der Waals surface area contributed by atoms with Gasteiger partial charge in [0.1, 0.15) is 6.61 Å². The predicted octanol–water partition coefficient (Wildman–Crippen LogP) is 15.8. The zero-order chi connectivity index (χ0) is 40.7. The lowest BCUT2D eigenvalue weighted by Gasteiger charge is -2.18. The van der Waals surface area contributed by atoms with E-state index in [4.69, 9.17) is 14.2 Å². The monoisotopic (exact) mass is 783 g/mol. The second-order valence-electron chi connectivity index (χ2n) is 15.6. The first-order valence-corrected chi connectivity index (χ1v) is 23.8. The van der Waals surface area contributed by atoms with Gasteiger partial charge < -0.3 is 14.2 Å². The molecule has 1 atom stereocenters. The Morgan fingerprint density at radius 1 is 0.393 bits per heavy atom. The summed E-state index contributed by atoms with van der Waals surface area (Å²) in [4.78, 5) is 25.3. The van der Waals surface area contributed by atoms with Gasteiger partial charge in [0, 0.05) is 19.4 Å². The van der Waals surface area contributed by atoms with Crippen LogP contribution in [0, 0.1) is 0 Å². The molecule has 56 heavy (non-hydrogen) atoms. The van der Waals surface area contributed by atoms with E-state index in [0.29, 0.717) is 19.4 Å². The quantitative estimate of drug-likeness (QED) is 0.0350. The molecule has 0 amide bonds. The van der Waals surface area contributed by atoms with Crippen molar-refractivity contribution in [3.05, 3.63) is 60.8 Å². The molecule has 0 fully saturated rings. The molecule has 0 aliphatic carbocycles. The molecule has 5 heteroatoms. The summed E-state index contributed by atoms with van der Waals surface area (Å²) in [5, 5.41) is 0. The third kappa shape index (κ3) is 44.3. The van der Waals surface area contributed by atoms with E-state index in [1.165, 1.54) is 116 Å². The van der Waals surface area contributed by atoms with Crippen LogP contribution < -0.4 is 0 Å². The van der Waals surface area contributed by atoms with Crippen LogP contribution in [0.4, 0.5) is 0 Å². The molecule has 0 saturated heterocycles. The Labute approximate surface area is 347 Å². The summed E-state index contributed by atoms with van der Waals surface area (Å²) in [7, 11) is 0. The van der Waals surface area contributed by atoms with E-state index in [-0.39, 0.29) is 25.2 Å². The fourth-order valence-corrected chi connectivity index (χ4v) is 6.38. The van der Waals surface area contributed by atoms with E-state index >= 15 is 0 Å². The second kappa shape index (κ2) is 47.0. The van der Waals surface area contributed by atoms with Crippen LogP contribution in [-0.4, -0.2) is 37.9 Å². The molecule has 0 rings (SSSR count). The Kier molecular flexibility index (Phi) is 45.0. The number of esters is 2. The highest BCUT2D eigenvalue weighted by atomic mass is 16.6. The number of ether oxygens (including phenoxy) is 3. The number of unbranched alkanes of at least 4 members (excludes halogenated alkanes) is 22. The minimum absolute atomic E-state index is 0.0691. The van der Waals surface area contributed by atoms with Crippen molar-refractivity contribution < 1.29 is 23.8 Å². The van der Waals surface area contributed by atoms with Crippen molar-refractivity contribution in [2.45, 2.75) is 232 Å². The zero-order valence-electron chi connectivity index (χ0n) is 37.1. The van der Waals surface area contributed by atoms with E-state index in [1.807, 2.05) is 0 Å². The fraction of sp³-hybridized carbons (Fsp3) is 0.765. The first-order valence-electron chi connectivity index (χ1n) is 23.8. The van der Waals surface area contributed by atoms with Gasteiger partial charge in [-0.3, -0.25) is 9.59 Å². The molecular weight excluding hydrogens is 693 g/mol. The van der Waals surface area contributed by atoms with Gasteiger partial charge in [-0.15, -0.1) is 0 Å². The lowest BCUT2D eigenvalue weighted by atomic mass is 10.1. The van der Waals surface area contributed by atoms with Crippen molar-refractivity contribution in [2.75, 3.05) is 19.8 Å². The van der Waals surface area contributed by atoms with Gasteiger partial charge in [0.25, 0.3) is 0 Å².